The summed E-state index contributed by atoms with van der Waals surface area (Å²) in [7, 11) is 0. The molecular weight excluding hydrogens is 242 g/mol. The number of carbonyl (C=O) groups excluding carboxylic acids is 1. The molecule has 0 radical (unpaired) electrons. The van der Waals surface area contributed by atoms with E-state index in [0.29, 0.717) is 12.8 Å². The normalized spacial score (nSPS) is 18.3. The van der Waals surface area contributed by atoms with Gasteiger partial charge < -0.3 is 10.4 Å². The third-order valence-electron chi connectivity index (χ3n) is 4.12. The van der Waals surface area contributed by atoms with E-state index in [-0.39, 0.29) is 11.8 Å². The fraction of sp³-hybridized carbons (Fsp3) is 0.867. The predicted octanol–water partition coefficient (Wildman–Crippen LogP) is 3.11. The topological polar surface area (TPSA) is 66.4 Å². The Hall–Kier alpha value is -1.06. The fourth-order valence-corrected chi connectivity index (χ4v) is 2.99. The number of aliphatic carboxylic acids is 1. The Labute approximate surface area is 116 Å². The highest BCUT2D eigenvalue weighted by atomic mass is 16.4. The number of carboxylic acid groups (broad SMARTS) is 1. The Morgan fingerprint density at radius 2 is 1.63 bits per heavy atom. The van der Waals surface area contributed by atoms with Crippen LogP contribution in [0.5, 0.6) is 0 Å². The van der Waals surface area contributed by atoms with Crippen LogP contribution in [-0.2, 0) is 9.59 Å². The number of carboxylic acids is 1. The molecule has 0 aromatic carbocycles. The molecule has 1 amide bonds. The third kappa shape index (κ3) is 4.22. The van der Waals surface area contributed by atoms with Crippen molar-refractivity contribution in [2.45, 2.75) is 77.2 Å². The van der Waals surface area contributed by atoms with Crippen molar-refractivity contribution in [3.63, 3.8) is 0 Å². The first kappa shape index (κ1) is 16.0. The van der Waals surface area contributed by atoms with Crippen molar-refractivity contribution >= 4 is 11.9 Å². The van der Waals surface area contributed by atoms with Gasteiger partial charge >= 0.3 is 5.97 Å². The van der Waals surface area contributed by atoms with Crippen LogP contribution in [0.15, 0.2) is 0 Å². The van der Waals surface area contributed by atoms with Gasteiger partial charge in [-0.1, -0.05) is 46.0 Å². The molecule has 0 spiro atoms. The number of hydrogen-bond acceptors (Lipinski definition) is 2. The van der Waals surface area contributed by atoms with E-state index in [1.807, 2.05) is 0 Å². The highest BCUT2D eigenvalue weighted by Gasteiger charge is 2.41. The minimum atomic E-state index is -1.00. The number of rotatable bonds is 7. The fourth-order valence-electron chi connectivity index (χ4n) is 2.99. The van der Waals surface area contributed by atoms with E-state index in [0.717, 1.165) is 44.9 Å². The zero-order chi connectivity index (χ0) is 14.3. The van der Waals surface area contributed by atoms with Gasteiger partial charge in [0.25, 0.3) is 0 Å². The molecule has 0 aromatic rings. The van der Waals surface area contributed by atoms with Gasteiger partial charge in [0.2, 0.25) is 5.91 Å². The van der Waals surface area contributed by atoms with Crippen LogP contribution in [0.3, 0.4) is 0 Å². The molecule has 1 fully saturated rings. The highest BCUT2D eigenvalue weighted by Crippen LogP contribution is 2.29. The van der Waals surface area contributed by atoms with Gasteiger partial charge in [-0.15, -0.1) is 0 Å². The molecule has 0 heterocycles. The maximum atomic E-state index is 12.3. The standard InChI is InChI=1S/C15H27NO3/c1-3-8-12(9-4-2)13(17)16-15(14(18)19)10-6-5-7-11-15/h12H,3-11H2,1-2H3,(H,16,17)(H,18,19). The molecule has 0 aromatic heterocycles. The Morgan fingerprint density at radius 3 is 2.05 bits per heavy atom. The summed E-state index contributed by atoms with van der Waals surface area (Å²) in [6.45, 7) is 4.12. The van der Waals surface area contributed by atoms with E-state index >= 15 is 0 Å². The molecule has 0 unspecified atom stereocenters. The summed E-state index contributed by atoms with van der Waals surface area (Å²) in [5.74, 6) is -0.964. The van der Waals surface area contributed by atoms with Crippen molar-refractivity contribution in [1.29, 1.82) is 0 Å². The number of carbonyl (C=O) groups is 2. The van der Waals surface area contributed by atoms with E-state index < -0.39 is 11.5 Å². The minimum Gasteiger partial charge on any atom is -0.480 e. The molecule has 2 N–H and O–H groups in total. The number of hydrogen-bond donors (Lipinski definition) is 2. The Kier molecular flexibility index (Phi) is 6.32. The van der Waals surface area contributed by atoms with Crippen LogP contribution in [0, 0.1) is 5.92 Å². The molecule has 1 aliphatic carbocycles. The van der Waals surface area contributed by atoms with Gasteiger partial charge in [-0.25, -0.2) is 4.79 Å². The summed E-state index contributed by atoms with van der Waals surface area (Å²) in [6.07, 6.45) is 7.58. The van der Waals surface area contributed by atoms with Crippen LogP contribution < -0.4 is 5.32 Å². The lowest BCUT2D eigenvalue weighted by molar-refractivity contribution is -0.150. The average molecular weight is 269 g/mol. The maximum Gasteiger partial charge on any atom is 0.329 e. The minimum absolute atomic E-state index is 0.0341. The first-order chi connectivity index (χ1) is 9.05. The van der Waals surface area contributed by atoms with Crippen molar-refractivity contribution in [3.05, 3.63) is 0 Å². The number of nitrogens with one attached hydrogen (secondary N) is 1. The average Bonchev–Trinajstić information content (AvgIpc) is 2.39. The van der Waals surface area contributed by atoms with Crippen LogP contribution in [-0.4, -0.2) is 22.5 Å². The third-order valence-corrected chi connectivity index (χ3v) is 4.12. The van der Waals surface area contributed by atoms with Gasteiger partial charge in [0, 0.05) is 5.92 Å². The Morgan fingerprint density at radius 1 is 1.11 bits per heavy atom. The smallest absolute Gasteiger partial charge is 0.329 e. The SMILES string of the molecule is CCCC(CCC)C(=O)NC1(C(=O)O)CCCCC1. The molecule has 19 heavy (non-hydrogen) atoms. The summed E-state index contributed by atoms with van der Waals surface area (Å²) in [5.41, 5.74) is -1.00. The van der Waals surface area contributed by atoms with Crippen LogP contribution in [0.4, 0.5) is 0 Å². The molecule has 0 bridgehead atoms. The second-order valence-electron chi connectivity index (χ2n) is 5.71. The lowest BCUT2D eigenvalue weighted by atomic mass is 9.81. The second kappa shape index (κ2) is 7.51. The molecular formula is C15H27NO3. The van der Waals surface area contributed by atoms with Crippen molar-refractivity contribution < 1.29 is 14.7 Å². The van der Waals surface area contributed by atoms with Crippen LogP contribution in [0.2, 0.25) is 0 Å². The van der Waals surface area contributed by atoms with E-state index in [4.69, 9.17) is 0 Å². The van der Waals surface area contributed by atoms with Crippen LogP contribution >= 0.6 is 0 Å². The zero-order valence-electron chi connectivity index (χ0n) is 12.2. The molecule has 4 heteroatoms. The first-order valence-corrected chi connectivity index (χ1v) is 7.61. The Bertz CT molecular complexity index is 303. The van der Waals surface area contributed by atoms with Crippen molar-refractivity contribution in [3.8, 4) is 0 Å². The van der Waals surface area contributed by atoms with Crippen LogP contribution in [0.25, 0.3) is 0 Å². The zero-order valence-corrected chi connectivity index (χ0v) is 12.2. The summed E-state index contributed by atoms with van der Waals surface area (Å²) in [4.78, 5) is 23.9. The summed E-state index contributed by atoms with van der Waals surface area (Å²) in [6, 6.07) is 0. The van der Waals surface area contributed by atoms with Gasteiger partial charge in [0.05, 0.1) is 0 Å². The summed E-state index contributed by atoms with van der Waals surface area (Å²) >= 11 is 0. The van der Waals surface area contributed by atoms with E-state index in [2.05, 4.69) is 19.2 Å². The molecule has 4 nitrogen and oxygen atoms in total. The lowest BCUT2D eigenvalue weighted by Crippen LogP contribution is -2.56. The largest absolute Gasteiger partial charge is 0.480 e. The molecule has 0 saturated heterocycles. The van der Waals surface area contributed by atoms with E-state index in [1.165, 1.54) is 0 Å². The summed E-state index contributed by atoms with van der Waals surface area (Å²) in [5, 5.41) is 12.3. The van der Waals surface area contributed by atoms with E-state index in [9.17, 15) is 14.7 Å². The molecule has 110 valence electrons. The van der Waals surface area contributed by atoms with Gasteiger partial charge in [0.15, 0.2) is 0 Å². The van der Waals surface area contributed by atoms with Gasteiger partial charge in [0.1, 0.15) is 5.54 Å². The van der Waals surface area contributed by atoms with Crippen molar-refractivity contribution in [2.75, 3.05) is 0 Å². The van der Waals surface area contributed by atoms with Gasteiger partial charge in [-0.2, -0.15) is 0 Å². The monoisotopic (exact) mass is 269 g/mol. The number of amides is 1. The molecule has 1 aliphatic rings. The molecule has 0 atom stereocenters. The molecule has 0 aliphatic heterocycles. The molecule has 1 rings (SSSR count). The summed E-state index contributed by atoms with van der Waals surface area (Å²) < 4.78 is 0. The second-order valence-corrected chi connectivity index (χ2v) is 5.71. The van der Waals surface area contributed by atoms with E-state index in [1.54, 1.807) is 0 Å². The lowest BCUT2D eigenvalue weighted by Gasteiger charge is -2.35. The Balaban J connectivity index is 2.71. The highest BCUT2D eigenvalue weighted by molar-refractivity contribution is 5.88. The maximum absolute atomic E-state index is 12.3. The van der Waals surface area contributed by atoms with Gasteiger partial charge in [-0.05, 0) is 25.7 Å². The molecule has 1 saturated carbocycles. The van der Waals surface area contributed by atoms with Crippen molar-refractivity contribution in [1.82, 2.24) is 5.32 Å². The quantitative estimate of drug-likeness (QED) is 0.746. The first-order valence-electron chi connectivity index (χ1n) is 7.61. The predicted molar refractivity (Wildman–Crippen MR) is 74.9 cm³/mol. The van der Waals surface area contributed by atoms with Crippen molar-refractivity contribution in [2.24, 2.45) is 5.92 Å². The van der Waals surface area contributed by atoms with Gasteiger partial charge in [-0.3, -0.25) is 4.79 Å². The van der Waals surface area contributed by atoms with Crippen LogP contribution in [0.1, 0.15) is 71.6 Å².